The molecule has 0 bridgehead atoms. The topological polar surface area (TPSA) is 331 Å². The number of nitrogens with two attached hydrogens (primary N) is 4. The van der Waals surface area contributed by atoms with E-state index in [0.29, 0.717) is 38.6 Å². The van der Waals surface area contributed by atoms with Crippen LogP contribution in [0, 0.1) is 0 Å². The number of hydrogen-bond donors (Lipinski definition) is 12. The van der Waals surface area contributed by atoms with Gasteiger partial charge in [0.1, 0.15) is 36.3 Å². The second-order valence-electron chi connectivity index (χ2n) is 13.3. The monoisotopic (exact) mass is 803 g/mol. The number of aliphatic imine (C=N–C) groups is 1. The zero-order valence-corrected chi connectivity index (χ0v) is 32.3. The molecule has 2 aliphatic rings. The molecule has 2 rings (SSSR count). The van der Waals surface area contributed by atoms with Crippen molar-refractivity contribution in [1.29, 1.82) is 0 Å². The predicted molar refractivity (Wildman–Crippen MR) is 205 cm³/mol. The maximum absolute atomic E-state index is 14.1. The van der Waals surface area contributed by atoms with Gasteiger partial charge in [0, 0.05) is 31.1 Å². The largest absolute Gasteiger partial charge is 0.480 e. The lowest BCUT2D eigenvalue weighted by molar-refractivity contribution is -0.148. The molecule has 0 aromatic heterocycles. The molecule has 2 saturated heterocycles. The number of unbranched alkanes of at least 4 members (excludes halogenated alkanes) is 1. The number of guanidine groups is 1. The number of amides is 6. The average molecular weight is 804 g/mol. The zero-order valence-electron chi connectivity index (χ0n) is 30.5. The third-order valence-corrected chi connectivity index (χ3v) is 9.95. The summed E-state index contributed by atoms with van der Waals surface area (Å²) in [6, 6.07) is -8.04. The van der Waals surface area contributed by atoms with Gasteiger partial charge in [-0.2, -0.15) is 25.3 Å². The lowest BCUT2D eigenvalue weighted by Crippen LogP contribution is -2.60. The van der Waals surface area contributed by atoms with Crippen molar-refractivity contribution in [2.45, 2.75) is 113 Å². The first-order chi connectivity index (χ1) is 25.6. The summed E-state index contributed by atoms with van der Waals surface area (Å²) in [5.74, 6) is -5.63. The third kappa shape index (κ3) is 13.8. The van der Waals surface area contributed by atoms with Crippen molar-refractivity contribution < 1.29 is 43.8 Å². The molecule has 0 saturated carbocycles. The normalized spacial score (nSPS) is 20.1. The van der Waals surface area contributed by atoms with E-state index in [4.69, 9.17) is 22.9 Å². The summed E-state index contributed by atoms with van der Waals surface area (Å²) in [5, 5.41) is 29.8. The smallest absolute Gasteiger partial charge is 0.327 e. The first kappa shape index (κ1) is 46.3. The van der Waals surface area contributed by atoms with Gasteiger partial charge in [-0.25, -0.2) is 4.79 Å². The van der Waals surface area contributed by atoms with Crippen molar-refractivity contribution in [3.63, 3.8) is 0 Å². The van der Waals surface area contributed by atoms with Crippen LogP contribution in [0.3, 0.4) is 0 Å². The van der Waals surface area contributed by atoms with Gasteiger partial charge in [0.15, 0.2) is 5.96 Å². The van der Waals surface area contributed by atoms with Gasteiger partial charge in [-0.3, -0.25) is 33.8 Å². The molecule has 8 atom stereocenters. The number of aliphatic hydroxyl groups excluding tert-OH is 1. The van der Waals surface area contributed by atoms with Crippen LogP contribution >= 0.6 is 25.3 Å². The number of hydrogen-bond acceptors (Lipinski definition) is 13. The Balaban J connectivity index is 2.26. The van der Waals surface area contributed by atoms with E-state index in [1.807, 2.05) is 0 Å². The van der Waals surface area contributed by atoms with E-state index in [1.54, 1.807) is 0 Å². The standard InChI is InChI=1S/C32H57N11O9S2/c1-17(44)24(41-25(45)18(34)15-53)28(48)39-20(7-2-3-11-33)29(49)43-14-6-10-23(43)30(50)42-13-5-9-22(42)27(47)38-19(8-4-12-37-32(35)36)26(46)40-21(16-54)31(51)52/h17-24,44,53-54H,2-16,33-34H2,1H3,(H,38,47)(H,39,48)(H,40,46)(H,41,45)(H,51,52)(H4,35,36,37)/t17-,18+,19-,20+,21-,22+,23+,24-/m1/s1. The Morgan fingerprint density at radius 3 is 1.98 bits per heavy atom. The lowest BCUT2D eigenvalue weighted by atomic mass is 10.0. The number of carboxylic acids is 1. The van der Waals surface area contributed by atoms with Gasteiger partial charge in [0.2, 0.25) is 35.4 Å². The van der Waals surface area contributed by atoms with Crippen molar-refractivity contribution in [1.82, 2.24) is 31.1 Å². The van der Waals surface area contributed by atoms with Crippen molar-refractivity contribution in [3.8, 4) is 0 Å². The Labute approximate surface area is 325 Å². The summed E-state index contributed by atoms with van der Waals surface area (Å²) in [4.78, 5) is 98.9. The van der Waals surface area contributed by atoms with Crippen LogP contribution in [0.5, 0.6) is 0 Å². The van der Waals surface area contributed by atoms with Crippen LogP contribution < -0.4 is 44.2 Å². The van der Waals surface area contributed by atoms with Gasteiger partial charge in [-0.05, 0) is 71.3 Å². The van der Waals surface area contributed by atoms with Crippen LogP contribution in [0.15, 0.2) is 4.99 Å². The number of aliphatic carboxylic acids is 1. The van der Waals surface area contributed by atoms with E-state index in [2.05, 4.69) is 51.5 Å². The molecule has 2 fully saturated rings. The first-order valence-electron chi connectivity index (χ1n) is 18.0. The fourth-order valence-corrected chi connectivity index (χ4v) is 6.65. The van der Waals surface area contributed by atoms with E-state index in [1.165, 1.54) is 16.7 Å². The molecule has 54 heavy (non-hydrogen) atoms. The van der Waals surface area contributed by atoms with Crippen LogP contribution in [0.1, 0.15) is 64.7 Å². The van der Waals surface area contributed by atoms with E-state index in [-0.39, 0.29) is 62.8 Å². The number of likely N-dealkylation sites (tertiary alicyclic amines) is 2. The van der Waals surface area contributed by atoms with Crippen LogP contribution in [-0.2, 0) is 33.6 Å². The minimum Gasteiger partial charge on any atom is -0.480 e. The van der Waals surface area contributed by atoms with E-state index < -0.39 is 89.8 Å². The molecule has 0 aromatic carbocycles. The van der Waals surface area contributed by atoms with Crippen LogP contribution in [0.4, 0.5) is 0 Å². The van der Waals surface area contributed by atoms with Gasteiger partial charge in [-0.15, -0.1) is 0 Å². The molecular formula is C32H57N11O9S2. The van der Waals surface area contributed by atoms with Gasteiger partial charge >= 0.3 is 5.97 Å². The molecule has 6 amide bonds. The highest BCUT2D eigenvalue weighted by molar-refractivity contribution is 7.80. The highest BCUT2D eigenvalue weighted by Crippen LogP contribution is 2.26. The summed E-state index contributed by atoms with van der Waals surface area (Å²) in [5.41, 5.74) is 22.1. The average Bonchev–Trinajstić information content (AvgIpc) is 3.83. The number of carbonyl (C=O) groups is 7. The summed E-state index contributed by atoms with van der Waals surface area (Å²) < 4.78 is 0. The second kappa shape index (κ2) is 23.1. The molecule has 0 aliphatic carbocycles. The molecule has 2 aliphatic heterocycles. The molecule has 0 spiro atoms. The predicted octanol–water partition coefficient (Wildman–Crippen LogP) is -4.26. The quantitative estimate of drug-likeness (QED) is 0.0214. The Morgan fingerprint density at radius 2 is 1.41 bits per heavy atom. The summed E-state index contributed by atoms with van der Waals surface area (Å²) >= 11 is 7.96. The van der Waals surface area contributed by atoms with Crippen molar-refractivity contribution in [2.24, 2.45) is 27.9 Å². The Bertz CT molecular complexity index is 1350. The molecule has 2 heterocycles. The van der Waals surface area contributed by atoms with E-state index in [0.717, 1.165) is 0 Å². The van der Waals surface area contributed by atoms with Crippen molar-refractivity contribution in [2.75, 3.05) is 37.7 Å². The van der Waals surface area contributed by atoms with Crippen LogP contribution in [-0.4, -0.2) is 153 Å². The Hall–Kier alpha value is -3.86. The number of carboxylic acid groups (broad SMARTS) is 1. The number of thiol groups is 2. The molecule has 0 aromatic rings. The lowest BCUT2D eigenvalue weighted by Gasteiger charge is -2.34. The van der Waals surface area contributed by atoms with Gasteiger partial charge in [-0.1, -0.05) is 0 Å². The van der Waals surface area contributed by atoms with Gasteiger partial charge < -0.3 is 64.2 Å². The molecule has 20 nitrogen and oxygen atoms in total. The van der Waals surface area contributed by atoms with Crippen molar-refractivity contribution in [3.05, 3.63) is 0 Å². The van der Waals surface area contributed by atoms with Crippen LogP contribution in [0.25, 0.3) is 0 Å². The fourth-order valence-electron chi connectivity index (χ4n) is 6.24. The van der Waals surface area contributed by atoms with E-state index >= 15 is 0 Å². The molecule has 22 heteroatoms. The highest BCUT2D eigenvalue weighted by Gasteiger charge is 2.44. The minimum absolute atomic E-state index is 0.00959. The Morgan fingerprint density at radius 1 is 0.796 bits per heavy atom. The maximum Gasteiger partial charge on any atom is 0.327 e. The van der Waals surface area contributed by atoms with Gasteiger partial charge in [0.05, 0.1) is 12.1 Å². The van der Waals surface area contributed by atoms with Crippen molar-refractivity contribution >= 4 is 72.6 Å². The van der Waals surface area contributed by atoms with Crippen LogP contribution in [0.2, 0.25) is 0 Å². The number of rotatable bonds is 22. The minimum atomic E-state index is -1.43. The summed E-state index contributed by atoms with van der Waals surface area (Å²) in [6.45, 7) is 2.18. The highest BCUT2D eigenvalue weighted by atomic mass is 32.1. The number of nitrogens with zero attached hydrogens (tertiary/aromatic N) is 3. The SMILES string of the molecule is C[C@@H](O)[C@@H](NC(=O)[C@@H](N)CS)C(=O)N[C@@H](CCCCN)C(=O)N1CCC[C@H]1C(=O)N1CCC[C@H]1C(=O)N[C@H](CCCN=C(N)N)C(=O)N[C@H](CS)C(=O)O. The molecule has 14 N–H and O–H groups in total. The zero-order chi connectivity index (χ0) is 40.5. The second-order valence-corrected chi connectivity index (χ2v) is 14.1. The molecule has 306 valence electrons. The molecule has 0 unspecified atom stereocenters. The number of aliphatic hydroxyl groups is 1. The fraction of sp³-hybridized carbons (Fsp3) is 0.750. The first-order valence-corrected chi connectivity index (χ1v) is 19.3. The summed E-state index contributed by atoms with van der Waals surface area (Å²) in [7, 11) is 0. The van der Waals surface area contributed by atoms with E-state index in [9.17, 15) is 43.8 Å². The maximum atomic E-state index is 14.1. The third-order valence-electron chi connectivity index (χ3n) is 9.19. The summed E-state index contributed by atoms with van der Waals surface area (Å²) in [6.07, 6.45) is 1.63. The molecular weight excluding hydrogens is 747 g/mol. The number of carbonyl (C=O) groups excluding carboxylic acids is 6. The number of nitrogens with one attached hydrogen (secondary N) is 4. The Kier molecular flexibility index (Phi) is 19.8. The molecule has 0 radical (unpaired) electrons. The van der Waals surface area contributed by atoms with Gasteiger partial charge in [0.25, 0.3) is 0 Å².